The van der Waals surface area contributed by atoms with E-state index in [0.29, 0.717) is 15.6 Å². The lowest BCUT2D eigenvalue weighted by Gasteiger charge is -2.05. The molecule has 0 saturated carbocycles. The van der Waals surface area contributed by atoms with Gasteiger partial charge >= 0.3 is 0 Å². The Kier molecular flexibility index (Phi) is 5.04. The highest BCUT2D eigenvalue weighted by Crippen LogP contribution is 2.24. The number of rotatable bonds is 4. The van der Waals surface area contributed by atoms with Gasteiger partial charge in [-0.15, -0.1) is 5.10 Å². The Bertz CT molecular complexity index is 389. The SMILES string of the molecule is O=C(Cc1c(Cl)cccc1Cl)N/C=N/NO. The van der Waals surface area contributed by atoms with E-state index in [2.05, 4.69) is 10.4 Å². The van der Waals surface area contributed by atoms with Crippen LogP contribution in [-0.2, 0) is 11.2 Å². The molecule has 0 heterocycles. The van der Waals surface area contributed by atoms with Gasteiger partial charge in [0.15, 0.2) is 0 Å². The van der Waals surface area contributed by atoms with Gasteiger partial charge in [0, 0.05) is 10.0 Å². The first-order valence-electron chi connectivity index (χ1n) is 4.28. The van der Waals surface area contributed by atoms with Crippen LogP contribution in [0, 0.1) is 0 Å². The number of nitrogens with one attached hydrogen (secondary N) is 2. The van der Waals surface area contributed by atoms with Crippen LogP contribution in [0.2, 0.25) is 10.0 Å². The highest BCUT2D eigenvalue weighted by atomic mass is 35.5. The van der Waals surface area contributed by atoms with Crippen molar-refractivity contribution in [2.75, 3.05) is 0 Å². The molecule has 0 aromatic heterocycles. The summed E-state index contributed by atoms with van der Waals surface area (Å²) in [5.41, 5.74) is 2.06. The molecule has 0 saturated heterocycles. The Morgan fingerprint density at radius 1 is 1.44 bits per heavy atom. The number of benzene rings is 1. The van der Waals surface area contributed by atoms with E-state index in [9.17, 15) is 4.79 Å². The average Bonchev–Trinajstić information content (AvgIpc) is 2.24. The second kappa shape index (κ2) is 6.32. The van der Waals surface area contributed by atoms with Gasteiger partial charge in [-0.05, 0) is 17.7 Å². The van der Waals surface area contributed by atoms with Crippen molar-refractivity contribution >= 4 is 35.4 Å². The molecule has 0 fully saturated rings. The van der Waals surface area contributed by atoms with Gasteiger partial charge in [-0.1, -0.05) is 29.3 Å². The number of hydrazone groups is 1. The molecule has 0 radical (unpaired) electrons. The lowest BCUT2D eigenvalue weighted by atomic mass is 10.1. The Hall–Kier alpha value is -1.30. The molecule has 16 heavy (non-hydrogen) atoms. The molecule has 3 N–H and O–H groups in total. The van der Waals surface area contributed by atoms with Gasteiger partial charge < -0.3 is 5.32 Å². The Balaban J connectivity index is 2.66. The maximum atomic E-state index is 11.4. The third-order valence-electron chi connectivity index (χ3n) is 1.75. The number of hydrogen-bond donors (Lipinski definition) is 3. The van der Waals surface area contributed by atoms with Gasteiger partial charge in [-0.2, -0.15) is 5.59 Å². The number of carbonyl (C=O) groups is 1. The fraction of sp³-hybridized carbons (Fsp3) is 0.111. The summed E-state index contributed by atoms with van der Waals surface area (Å²) in [6, 6.07) is 5.00. The summed E-state index contributed by atoms with van der Waals surface area (Å²) in [5, 5.41) is 14.5. The van der Waals surface area contributed by atoms with Crippen LogP contribution in [0.3, 0.4) is 0 Å². The van der Waals surface area contributed by atoms with Crippen LogP contribution in [0.4, 0.5) is 0 Å². The second-order valence-corrected chi connectivity index (χ2v) is 3.62. The monoisotopic (exact) mass is 261 g/mol. The van der Waals surface area contributed by atoms with E-state index >= 15 is 0 Å². The minimum atomic E-state index is -0.339. The Labute approximate surface area is 102 Å². The molecule has 0 spiro atoms. The summed E-state index contributed by atoms with van der Waals surface area (Å²) >= 11 is 11.8. The molecule has 0 bridgehead atoms. The zero-order valence-corrected chi connectivity index (χ0v) is 9.59. The molecule has 0 aliphatic rings. The van der Waals surface area contributed by atoms with Crippen molar-refractivity contribution in [3.8, 4) is 0 Å². The van der Waals surface area contributed by atoms with E-state index in [-0.39, 0.29) is 12.3 Å². The normalized spacial score (nSPS) is 10.4. The largest absolute Gasteiger partial charge is 0.315 e. The smallest absolute Gasteiger partial charge is 0.229 e. The summed E-state index contributed by atoms with van der Waals surface area (Å²) < 4.78 is 0. The second-order valence-electron chi connectivity index (χ2n) is 2.80. The van der Waals surface area contributed by atoms with Crippen molar-refractivity contribution in [3.05, 3.63) is 33.8 Å². The number of hydrogen-bond acceptors (Lipinski definition) is 4. The molecule has 1 amide bonds. The van der Waals surface area contributed by atoms with Crippen molar-refractivity contribution in [3.63, 3.8) is 0 Å². The molecule has 86 valence electrons. The first-order valence-corrected chi connectivity index (χ1v) is 5.03. The highest BCUT2D eigenvalue weighted by molar-refractivity contribution is 6.36. The maximum absolute atomic E-state index is 11.4. The molecule has 0 aliphatic carbocycles. The quantitative estimate of drug-likeness (QED) is 0.438. The molecule has 1 rings (SSSR count). The Morgan fingerprint density at radius 3 is 2.62 bits per heavy atom. The zero-order chi connectivity index (χ0) is 12.0. The number of amides is 1. The molecule has 1 aromatic carbocycles. The van der Waals surface area contributed by atoms with Gasteiger partial charge in [0.1, 0.15) is 6.34 Å². The molecule has 1 aromatic rings. The van der Waals surface area contributed by atoms with Crippen LogP contribution in [0.1, 0.15) is 5.56 Å². The lowest BCUT2D eigenvalue weighted by molar-refractivity contribution is -0.118. The molecule has 5 nitrogen and oxygen atoms in total. The fourth-order valence-electron chi connectivity index (χ4n) is 1.05. The lowest BCUT2D eigenvalue weighted by Crippen LogP contribution is -2.24. The van der Waals surface area contributed by atoms with Crippen LogP contribution >= 0.6 is 23.2 Å². The van der Waals surface area contributed by atoms with Gasteiger partial charge in [-0.25, -0.2) is 0 Å². The summed E-state index contributed by atoms with van der Waals surface area (Å²) in [6.45, 7) is 0. The molecule has 0 aliphatic heterocycles. The van der Waals surface area contributed by atoms with Gasteiger partial charge in [0.25, 0.3) is 0 Å². The van der Waals surface area contributed by atoms with E-state index in [4.69, 9.17) is 28.4 Å². The van der Waals surface area contributed by atoms with Crippen molar-refractivity contribution < 1.29 is 10.0 Å². The van der Waals surface area contributed by atoms with Crippen LogP contribution in [0.15, 0.2) is 23.3 Å². The number of halogens is 2. The van der Waals surface area contributed by atoms with Crippen molar-refractivity contribution in [2.45, 2.75) is 6.42 Å². The van der Waals surface area contributed by atoms with Crippen LogP contribution in [0.25, 0.3) is 0 Å². The molecular weight excluding hydrogens is 253 g/mol. The van der Waals surface area contributed by atoms with E-state index in [1.807, 2.05) is 0 Å². The number of nitrogens with zero attached hydrogens (tertiary/aromatic N) is 1. The summed E-state index contributed by atoms with van der Waals surface area (Å²) in [4.78, 5) is 11.4. The molecule has 0 atom stereocenters. The van der Waals surface area contributed by atoms with E-state index < -0.39 is 0 Å². The highest BCUT2D eigenvalue weighted by Gasteiger charge is 2.09. The van der Waals surface area contributed by atoms with Crippen LogP contribution in [0.5, 0.6) is 0 Å². The van der Waals surface area contributed by atoms with E-state index in [1.54, 1.807) is 18.2 Å². The van der Waals surface area contributed by atoms with Crippen LogP contribution < -0.4 is 10.9 Å². The minimum Gasteiger partial charge on any atom is -0.315 e. The van der Waals surface area contributed by atoms with Gasteiger partial charge in [0.05, 0.1) is 6.42 Å². The average molecular weight is 262 g/mol. The van der Waals surface area contributed by atoms with Gasteiger partial charge in [0.2, 0.25) is 5.91 Å². The zero-order valence-electron chi connectivity index (χ0n) is 8.08. The fourth-order valence-corrected chi connectivity index (χ4v) is 1.58. The minimum absolute atomic E-state index is 0.0377. The maximum Gasteiger partial charge on any atom is 0.229 e. The molecular formula is C9H9Cl2N3O2. The first-order chi connectivity index (χ1) is 7.65. The predicted molar refractivity (Wildman–Crippen MR) is 61.7 cm³/mol. The van der Waals surface area contributed by atoms with Gasteiger partial charge in [-0.3, -0.25) is 10.0 Å². The van der Waals surface area contributed by atoms with E-state index in [1.165, 1.54) is 5.59 Å². The summed E-state index contributed by atoms with van der Waals surface area (Å²) in [6.07, 6.45) is 1.06. The summed E-state index contributed by atoms with van der Waals surface area (Å²) in [7, 11) is 0. The third-order valence-corrected chi connectivity index (χ3v) is 2.46. The predicted octanol–water partition coefficient (Wildman–Crippen LogP) is 1.57. The third kappa shape index (κ3) is 3.69. The van der Waals surface area contributed by atoms with Crippen molar-refractivity contribution in [2.24, 2.45) is 5.10 Å². The van der Waals surface area contributed by atoms with Crippen LogP contribution in [-0.4, -0.2) is 17.5 Å². The Morgan fingerprint density at radius 2 is 2.06 bits per heavy atom. The van der Waals surface area contributed by atoms with Crippen molar-refractivity contribution in [1.82, 2.24) is 10.9 Å². The molecule has 0 unspecified atom stereocenters. The van der Waals surface area contributed by atoms with Crippen molar-refractivity contribution in [1.29, 1.82) is 0 Å². The first kappa shape index (κ1) is 12.8. The number of carbonyl (C=O) groups excluding carboxylic acids is 1. The molecule has 7 heteroatoms. The summed E-state index contributed by atoms with van der Waals surface area (Å²) in [5.74, 6) is -0.339. The standard InChI is InChI=1S/C9H9Cl2N3O2/c10-7-2-1-3-8(11)6(7)4-9(15)12-5-13-14-16/h1-3,5,14,16H,4H2,(H,12,13,15). The topological polar surface area (TPSA) is 73.7 Å². The van der Waals surface area contributed by atoms with E-state index in [0.717, 1.165) is 6.34 Å².